The highest BCUT2D eigenvalue weighted by atomic mass is 16.5. The van der Waals surface area contributed by atoms with Crippen LogP contribution in [-0.2, 0) is 26.1 Å². The largest absolute Gasteiger partial charge is 0.488 e. The topological polar surface area (TPSA) is 76.4 Å². The van der Waals surface area contributed by atoms with Crippen molar-refractivity contribution < 1.29 is 4.74 Å². The minimum Gasteiger partial charge on any atom is -0.488 e. The molecule has 0 radical (unpaired) electrons. The van der Waals surface area contributed by atoms with Gasteiger partial charge in [0.2, 0.25) is 0 Å². The van der Waals surface area contributed by atoms with Crippen molar-refractivity contribution in [2.45, 2.75) is 78.6 Å². The second-order valence-electron chi connectivity index (χ2n) is 8.37. The fraction of sp³-hybridized carbons (Fsp3) is 0.591. The number of rotatable bonds is 6. The lowest BCUT2D eigenvalue weighted by molar-refractivity contribution is 0.129. The third-order valence-corrected chi connectivity index (χ3v) is 4.74. The van der Waals surface area contributed by atoms with Crippen LogP contribution in [-0.4, -0.2) is 32.9 Å². The van der Waals surface area contributed by atoms with Gasteiger partial charge in [0.25, 0.3) is 0 Å². The molecule has 7 heteroatoms. The van der Waals surface area contributed by atoms with Gasteiger partial charge in [-0.1, -0.05) is 24.6 Å². The summed E-state index contributed by atoms with van der Waals surface area (Å²) in [6.45, 7) is 11.2. The minimum atomic E-state index is -0.242. The summed E-state index contributed by atoms with van der Waals surface area (Å²) in [5, 5.41) is 15.5. The fourth-order valence-corrected chi connectivity index (χ4v) is 3.41. The van der Waals surface area contributed by atoms with E-state index < -0.39 is 0 Å². The summed E-state index contributed by atoms with van der Waals surface area (Å²) in [4.78, 5) is 4.76. The highest BCUT2D eigenvalue weighted by molar-refractivity contribution is 5.79. The number of hydrogen-bond acceptors (Lipinski definition) is 4. The Bertz CT molecular complexity index is 821. The molecule has 0 saturated carbocycles. The van der Waals surface area contributed by atoms with Gasteiger partial charge < -0.3 is 19.9 Å². The lowest BCUT2D eigenvalue weighted by Crippen LogP contribution is -2.37. The molecule has 0 amide bonds. The zero-order chi connectivity index (χ0) is 20.7. The molecule has 0 fully saturated rings. The third kappa shape index (κ3) is 6.21. The van der Waals surface area contributed by atoms with E-state index in [4.69, 9.17) is 9.73 Å². The first-order chi connectivity index (χ1) is 14.0. The van der Waals surface area contributed by atoms with Crippen LogP contribution in [0.1, 0.15) is 64.2 Å². The smallest absolute Gasteiger partial charge is 0.191 e. The van der Waals surface area contributed by atoms with Crippen molar-refractivity contribution in [2.75, 3.05) is 6.54 Å². The van der Waals surface area contributed by atoms with Crippen molar-refractivity contribution in [2.24, 2.45) is 4.99 Å². The van der Waals surface area contributed by atoms with Crippen molar-refractivity contribution in [1.82, 2.24) is 25.4 Å². The zero-order valence-electron chi connectivity index (χ0n) is 18.2. The van der Waals surface area contributed by atoms with E-state index in [1.807, 2.05) is 18.2 Å². The standard InChI is InChI=1S/C22H34N6O/c1-5-23-21(24-15-17-11-8-9-12-18(17)29-22(2,3)4)25-16-20-27-26-19-13-7-6-10-14-28(19)20/h8-9,11-12H,5-7,10,13-16H2,1-4H3,(H2,23,24,25). The molecule has 0 atom stereocenters. The maximum absolute atomic E-state index is 6.09. The summed E-state index contributed by atoms with van der Waals surface area (Å²) in [7, 11) is 0. The summed E-state index contributed by atoms with van der Waals surface area (Å²) in [5.74, 6) is 3.73. The summed E-state index contributed by atoms with van der Waals surface area (Å²) < 4.78 is 8.35. The molecule has 29 heavy (non-hydrogen) atoms. The molecular formula is C22H34N6O. The van der Waals surface area contributed by atoms with E-state index in [1.54, 1.807) is 0 Å². The van der Waals surface area contributed by atoms with Crippen LogP contribution in [0.3, 0.4) is 0 Å². The van der Waals surface area contributed by atoms with Gasteiger partial charge >= 0.3 is 0 Å². The van der Waals surface area contributed by atoms with Gasteiger partial charge in [0.15, 0.2) is 11.8 Å². The molecular weight excluding hydrogens is 364 g/mol. The maximum Gasteiger partial charge on any atom is 0.191 e. The van der Waals surface area contributed by atoms with Gasteiger partial charge in [-0.25, -0.2) is 4.99 Å². The molecule has 0 bridgehead atoms. The second kappa shape index (κ2) is 9.76. The highest BCUT2D eigenvalue weighted by Crippen LogP contribution is 2.23. The lowest BCUT2D eigenvalue weighted by Gasteiger charge is -2.23. The summed E-state index contributed by atoms with van der Waals surface area (Å²) in [6.07, 6.45) is 4.67. The third-order valence-electron chi connectivity index (χ3n) is 4.74. The van der Waals surface area contributed by atoms with Crippen molar-refractivity contribution in [3.05, 3.63) is 41.5 Å². The molecule has 158 valence electrons. The summed E-state index contributed by atoms with van der Waals surface area (Å²) >= 11 is 0. The molecule has 1 aliphatic heterocycles. The number of guanidine groups is 1. The Morgan fingerprint density at radius 3 is 2.76 bits per heavy atom. The average Bonchev–Trinajstić information content (AvgIpc) is 2.90. The number of benzene rings is 1. The molecule has 7 nitrogen and oxygen atoms in total. The molecule has 1 aromatic heterocycles. The Morgan fingerprint density at radius 1 is 1.14 bits per heavy atom. The van der Waals surface area contributed by atoms with Crippen LogP contribution in [0.5, 0.6) is 5.75 Å². The number of nitrogens with zero attached hydrogens (tertiary/aromatic N) is 4. The van der Waals surface area contributed by atoms with Crippen LogP contribution in [0.25, 0.3) is 0 Å². The lowest BCUT2D eigenvalue weighted by atomic mass is 10.1. The van der Waals surface area contributed by atoms with E-state index in [-0.39, 0.29) is 5.60 Å². The average molecular weight is 399 g/mol. The number of hydrogen-bond donors (Lipinski definition) is 2. The fourth-order valence-electron chi connectivity index (χ4n) is 3.41. The number of aryl methyl sites for hydroxylation is 1. The quantitative estimate of drug-likeness (QED) is 0.576. The van der Waals surface area contributed by atoms with Gasteiger partial charge in [0, 0.05) is 25.1 Å². The predicted molar refractivity (Wildman–Crippen MR) is 116 cm³/mol. The molecule has 3 rings (SSSR count). The van der Waals surface area contributed by atoms with Crippen LogP contribution in [0, 0.1) is 0 Å². The zero-order valence-corrected chi connectivity index (χ0v) is 18.2. The van der Waals surface area contributed by atoms with Crippen molar-refractivity contribution in [1.29, 1.82) is 0 Å². The first-order valence-electron chi connectivity index (χ1n) is 10.7. The monoisotopic (exact) mass is 398 g/mol. The predicted octanol–water partition coefficient (Wildman–Crippen LogP) is 3.44. The van der Waals surface area contributed by atoms with Gasteiger partial charge in [0.05, 0.1) is 13.1 Å². The van der Waals surface area contributed by atoms with Crippen LogP contribution >= 0.6 is 0 Å². The molecule has 0 spiro atoms. The van der Waals surface area contributed by atoms with Crippen molar-refractivity contribution >= 4 is 5.96 Å². The number of aromatic nitrogens is 3. The van der Waals surface area contributed by atoms with Crippen molar-refractivity contribution in [3.8, 4) is 5.75 Å². The Labute approximate surface area is 174 Å². The molecule has 1 aliphatic rings. The minimum absolute atomic E-state index is 0.242. The van der Waals surface area contributed by atoms with E-state index in [2.05, 4.69) is 59.2 Å². The first kappa shape index (κ1) is 21.1. The van der Waals surface area contributed by atoms with Crippen LogP contribution < -0.4 is 15.4 Å². The maximum atomic E-state index is 6.09. The molecule has 0 unspecified atom stereocenters. The Balaban J connectivity index is 1.68. The van der Waals surface area contributed by atoms with Gasteiger partial charge in [-0.3, -0.25) is 0 Å². The normalized spacial score (nSPS) is 14.8. The molecule has 1 aromatic carbocycles. The van der Waals surface area contributed by atoms with E-state index in [0.717, 1.165) is 48.4 Å². The van der Waals surface area contributed by atoms with Crippen LogP contribution in [0.2, 0.25) is 0 Å². The van der Waals surface area contributed by atoms with E-state index in [0.29, 0.717) is 13.1 Å². The molecule has 2 heterocycles. The molecule has 2 N–H and O–H groups in total. The van der Waals surface area contributed by atoms with Gasteiger partial charge in [-0.15, -0.1) is 10.2 Å². The number of aliphatic imine (C=N–C) groups is 1. The van der Waals surface area contributed by atoms with E-state index in [1.165, 1.54) is 19.3 Å². The summed E-state index contributed by atoms with van der Waals surface area (Å²) in [6, 6.07) is 8.08. The van der Waals surface area contributed by atoms with Crippen LogP contribution in [0.15, 0.2) is 29.3 Å². The highest BCUT2D eigenvalue weighted by Gasteiger charge is 2.16. The second-order valence-corrected chi connectivity index (χ2v) is 8.37. The summed E-state index contributed by atoms with van der Waals surface area (Å²) in [5.41, 5.74) is 0.824. The Hall–Kier alpha value is -2.57. The number of ether oxygens (including phenoxy) is 1. The molecule has 2 aromatic rings. The van der Waals surface area contributed by atoms with Crippen LogP contribution in [0.4, 0.5) is 0 Å². The first-order valence-corrected chi connectivity index (χ1v) is 10.7. The van der Waals surface area contributed by atoms with Gasteiger partial charge in [-0.05, 0) is 46.6 Å². The molecule has 0 saturated heterocycles. The van der Waals surface area contributed by atoms with Gasteiger partial charge in [0.1, 0.15) is 17.2 Å². The van der Waals surface area contributed by atoms with Gasteiger partial charge in [-0.2, -0.15) is 0 Å². The Morgan fingerprint density at radius 2 is 1.97 bits per heavy atom. The number of fused-ring (bicyclic) bond motifs is 1. The van der Waals surface area contributed by atoms with E-state index in [9.17, 15) is 0 Å². The van der Waals surface area contributed by atoms with Crippen molar-refractivity contribution in [3.63, 3.8) is 0 Å². The number of para-hydroxylation sites is 1. The molecule has 0 aliphatic carbocycles. The van der Waals surface area contributed by atoms with E-state index >= 15 is 0 Å². The number of nitrogens with one attached hydrogen (secondary N) is 2. The SMILES string of the molecule is CCNC(=NCc1ccccc1OC(C)(C)C)NCc1nnc2n1CCCCC2. The Kier molecular flexibility index (Phi) is 7.12.